The van der Waals surface area contributed by atoms with Crippen molar-refractivity contribution in [1.29, 1.82) is 0 Å². The molecule has 0 bridgehead atoms. The van der Waals surface area contributed by atoms with Crippen molar-refractivity contribution in [3.05, 3.63) is 66.2 Å². The molecule has 3 rings (SSSR count). The number of nitrogens with zero attached hydrogens (tertiary/aromatic N) is 1. The van der Waals surface area contributed by atoms with E-state index in [2.05, 4.69) is 16.0 Å². The van der Waals surface area contributed by atoms with Crippen molar-refractivity contribution < 1.29 is 14.4 Å². The third kappa shape index (κ3) is 6.34. The van der Waals surface area contributed by atoms with E-state index in [0.717, 1.165) is 11.3 Å². The predicted molar refractivity (Wildman–Crippen MR) is 116 cm³/mol. The molecule has 7 heteroatoms. The monoisotopic (exact) mass is 408 g/mol. The largest absolute Gasteiger partial charge is 0.351 e. The van der Waals surface area contributed by atoms with Crippen LogP contribution in [0.25, 0.3) is 0 Å². The summed E-state index contributed by atoms with van der Waals surface area (Å²) in [5, 5.41) is 8.67. The highest BCUT2D eigenvalue weighted by Gasteiger charge is 2.27. The second kappa shape index (κ2) is 10.4. The molecule has 3 N–H and O–H groups in total. The van der Waals surface area contributed by atoms with Crippen LogP contribution >= 0.6 is 0 Å². The van der Waals surface area contributed by atoms with Crippen LogP contribution in [0.3, 0.4) is 0 Å². The molecule has 1 unspecified atom stereocenters. The van der Waals surface area contributed by atoms with Crippen LogP contribution in [0.15, 0.2) is 60.7 Å². The number of amides is 4. The van der Waals surface area contributed by atoms with Gasteiger partial charge in [-0.3, -0.25) is 9.59 Å². The number of carbonyl (C=O) groups excluding carboxylic acids is 3. The van der Waals surface area contributed by atoms with Gasteiger partial charge in [0.25, 0.3) is 0 Å². The van der Waals surface area contributed by atoms with Gasteiger partial charge in [-0.25, -0.2) is 4.79 Å². The number of piperidine rings is 1. The SMILES string of the molecule is CC(=O)NC(Cc1ccccc1)C(=O)NC1CCN(C(=O)Nc2ccccc2)CC1. The van der Waals surface area contributed by atoms with E-state index in [0.29, 0.717) is 32.4 Å². The Morgan fingerprint density at radius 2 is 1.57 bits per heavy atom. The standard InChI is InChI=1S/C23H28N4O3/c1-17(28)24-21(16-18-8-4-2-5-9-18)22(29)25-20-12-14-27(15-13-20)23(30)26-19-10-6-3-7-11-19/h2-11,20-21H,12-16H2,1H3,(H,24,28)(H,25,29)(H,26,30). The second-order valence-corrected chi connectivity index (χ2v) is 7.51. The maximum Gasteiger partial charge on any atom is 0.321 e. The molecule has 1 aliphatic heterocycles. The van der Waals surface area contributed by atoms with Crippen molar-refractivity contribution >= 4 is 23.5 Å². The zero-order chi connectivity index (χ0) is 21.3. The number of benzene rings is 2. The normalized spacial score (nSPS) is 15.2. The smallest absolute Gasteiger partial charge is 0.321 e. The van der Waals surface area contributed by atoms with Crippen molar-refractivity contribution in [1.82, 2.24) is 15.5 Å². The molecule has 0 radical (unpaired) electrons. The van der Waals surface area contributed by atoms with Gasteiger partial charge in [0, 0.05) is 38.2 Å². The van der Waals surface area contributed by atoms with Crippen LogP contribution in [0, 0.1) is 0 Å². The average molecular weight is 409 g/mol. The summed E-state index contributed by atoms with van der Waals surface area (Å²) in [7, 11) is 0. The fourth-order valence-corrected chi connectivity index (χ4v) is 3.56. The van der Waals surface area contributed by atoms with Gasteiger partial charge in [0.1, 0.15) is 6.04 Å². The number of rotatable bonds is 6. The molecule has 0 aromatic heterocycles. The number of anilines is 1. The molecule has 1 aliphatic rings. The Balaban J connectivity index is 1.50. The summed E-state index contributed by atoms with van der Waals surface area (Å²) in [5.41, 5.74) is 1.75. The Bertz CT molecular complexity index is 849. The highest BCUT2D eigenvalue weighted by Crippen LogP contribution is 2.14. The van der Waals surface area contributed by atoms with Crippen molar-refractivity contribution in [3.63, 3.8) is 0 Å². The van der Waals surface area contributed by atoms with Gasteiger partial charge in [-0.05, 0) is 30.5 Å². The molecular formula is C23H28N4O3. The van der Waals surface area contributed by atoms with Gasteiger partial charge >= 0.3 is 6.03 Å². The van der Waals surface area contributed by atoms with Crippen molar-refractivity contribution in [2.45, 2.75) is 38.3 Å². The molecule has 30 heavy (non-hydrogen) atoms. The minimum atomic E-state index is -0.621. The van der Waals surface area contributed by atoms with Gasteiger partial charge in [0.15, 0.2) is 0 Å². The fraction of sp³-hybridized carbons (Fsp3) is 0.348. The number of hydrogen-bond donors (Lipinski definition) is 3. The topological polar surface area (TPSA) is 90.5 Å². The zero-order valence-corrected chi connectivity index (χ0v) is 17.1. The quantitative estimate of drug-likeness (QED) is 0.686. The van der Waals surface area contributed by atoms with E-state index in [1.165, 1.54) is 6.92 Å². The molecule has 0 saturated carbocycles. The number of urea groups is 1. The summed E-state index contributed by atoms with van der Waals surface area (Å²) in [6.45, 7) is 2.54. The predicted octanol–water partition coefficient (Wildman–Crippen LogP) is 2.55. The third-order valence-electron chi connectivity index (χ3n) is 5.13. The summed E-state index contributed by atoms with van der Waals surface area (Å²) in [6, 6.07) is 18.2. The van der Waals surface area contributed by atoms with E-state index < -0.39 is 6.04 Å². The van der Waals surface area contributed by atoms with Crippen LogP contribution in [0.2, 0.25) is 0 Å². The number of para-hydroxylation sites is 1. The van der Waals surface area contributed by atoms with E-state index in [1.807, 2.05) is 60.7 Å². The molecule has 1 atom stereocenters. The average Bonchev–Trinajstić information content (AvgIpc) is 2.75. The van der Waals surface area contributed by atoms with Gasteiger partial charge < -0.3 is 20.9 Å². The van der Waals surface area contributed by atoms with Gasteiger partial charge in [0.05, 0.1) is 0 Å². The summed E-state index contributed by atoms with van der Waals surface area (Å²) < 4.78 is 0. The number of hydrogen-bond acceptors (Lipinski definition) is 3. The van der Waals surface area contributed by atoms with Gasteiger partial charge in [0.2, 0.25) is 11.8 Å². The lowest BCUT2D eigenvalue weighted by Gasteiger charge is -2.33. The summed E-state index contributed by atoms with van der Waals surface area (Å²) in [4.78, 5) is 38.5. The highest BCUT2D eigenvalue weighted by molar-refractivity contribution is 5.89. The Kier molecular flexibility index (Phi) is 7.43. The minimum Gasteiger partial charge on any atom is -0.351 e. The van der Waals surface area contributed by atoms with Crippen molar-refractivity contribution in [2.24, 2.45) is 0 Å². The van der Waals surface area contributed by atoms with Crippen LogP contribution in [-0.4, -0.2) is 47.9 Å². The van der Waals surface area contributed by atoms with E-state index in [9.17, 15) is 14.4 Å². The van der Waals surface area contributed by atoms with Gasteiger partial charge in [-0.2, -0.15) is 0 Å². The number of nitrogens with one attached hydrogen (secondary N) is 3. The maximum absolute atomic E-state index is 12.8. The van der Waals surface area contributed by atoms with Crippen LogP contribution in [0.1, 0.15) is 25.3 Å². The van der Waals surface area contributed by atoms with Gasteiger partial charge in [-0.1, -0.05) is 48.5 Å². The lowest BCUT2D eigenvalue weighted by Crippen LogP contribution is -2.53. The molecule has 158 valence electrons. The highest BCUT2D eigenvalue weighted by atomic mass is 16.2. The summed E-state index contributed by atoms with van der Waals surface area (Å²) in [6.07, 6.45) is 1.78. The number of carbonyl (C=O) groups is 3. The first-order valence-electron chi connectivity index (χ1n) is 10.2. The zero-order valence-electron chi connectivity index (χ0n) is 17.1. The van der Waals surface area contributed by atoms with Crippen molar-refractivity contribution in [3.8, 4) is 0 Å². The van der Waals surface area contributed by atoms with Crippen molar-refractivity contribution in [2.75, 3.05) is 18.4 Å². The maximum atomic E-state index is 12.8. The summed E-state index contributed by atoms with van der Waals surface area (Å²) >= 11 is 0. The number of likely N-dealkylation sites (tertiary alicyclic amines) is 1. The Morgan fingerprint density at radius 3 is 2.17 bits per heavy atom. The summed E-state index contributed by atoms with van der Waals surface area (Å²) in [5.74, 6) is -0.431. The fourth-order valence-electron chi connectivity index (χ4n) is 3.56. The molecule has 1 heterocycles. The Morgan fingerprint density at radius 1 is 0.967 bits per heavy atom. The molecular weight excluding hydrogens is 380 g/mol. The first kappa shape index (κ1) is 21.4. The lowest BCUT2D eigenvalue weighted by atomic mass is 10.0. The minimum absolute atomic E-state index is 0.0229. The van der Waals surface area contributed by atoms with E-state index in [4.69, 9.17) is 0 Å². The second-order valence-electron chi connectivity index (χ2n) is 7.51. The van der Waals surface area contributed by atoms with Crippen LogP contribution in [0.4, 0.5) is 10.5 Å². The van der Waals surface area contributed by atoms with E-state index in [-0.39, 0.29) is 23.9 Å². The first-order chi connectivity index (χ1) is 14.5. The van der Waals surface area contributed by atoms with E-state index in [1.54, 1.807) is 4.90 Å². The molecule has 1 fully saturated rings. The van der Waals surface area contributed by atoms with Crippen LogP contribution in [-0.2, 0) is 16.0 Å². The van der Waals surface area contributed by atoms with E-state index >= 15 is 0 Å². The lowest BCUT2D eigenvalue weighted by molar-refractivity contribution is -0.128. The van der Waals surface area contributed by atoms with Crippen LogP contribution < -0.4 is 16.0 Å². The van der Waals surface area contributed by atoms with Crippen LogP contribution in [0.5, 0.6) is 0 Å². The molecule has 4 amide bonds. The molecule has 2 aromatic rings. The third-order valence-corrected chi connectivity index (χ3v) is 5.13. The molecule has 7 nitrogen and oxygen atoms in total. The first-order valence-corrected chi connectivity index (χ1v) is 10.2. The molecule has 2 aromatic carbocycles. The molecule has 0 aliphatic carbocycles. The Labute approximate surface area is 176 Å². The molecule has 1 saturated heterocycles. The Hall–Kier alpha value is -3.35. The van der Waals surface area contributed by atoms with Gasteiger partial charge in [-0.15, -0.1) is 0 Å². The molecule has 0 spiro atoms.